The Kier molecular flexibility index (Phi) is 3.88. The van der Waals surface area contributed by atoms with Crippen molar-refractivity contribution in [2.45, 2.75) is 44.7 Å². The lowest BCUT2D eigenvalue weighted by atomic mass is 9.97. The van der Waals surface area contributed by atoms with Gasteiger partial charge in [0, 0.05) is 44.1 Å². The Labute approximate surface area is 123 Å². The third-order valence-corrected chi connectivity index (χ3v) is 4.88. The van der Waals surface area contributed by atoms with Gasteiger partial charge in [0.2, 0.25) is 0 Å². The normalized spacial score (nSPS) is 26.4. The van der Waals surface area contributed by atoms with Gasteiger partial charge >= 0.3 is 0 Å². The van der Waals surface area contributed by atoms with Gasteiger partial charge < -0.3 is 15.1 Å². The smallest absolute Gasteiger partial charge is 0.0411 e. The number of rotatable bonds is 3. The first-order valence-electron chi connectivity index (χ1n) is 7.92. The molecule has 3 nitrogen and oxygen atoms in total. The summed E-state index contributed by atoms with van der Waals surface area (Å²) in [5.74, 6) is 0. The molecule has 2 aliphatic rings. The van der Waals surface area contributed by atoms with E-state index in [-0.39, 0.29) is 0 Å². The Balaban J connectivity index is 1.67. The fourth-order valence-electron chi connectivity index (χ4n) is 3.77. The summed E-state index contributed by atoms with van der Waals surface area (Å²) in [6.07, 6.45) is 5.38. The van der Waals surface area contributed by atoms with Crippen molar-refractivity contribution < 1.29 is 0 Å². The number of fused-ring (bicyclic) bond motifs is 1. The van der Waals surface area contributed by atoms with E-state index in [0.29, 0.717) is 6.04 Å². The summed E-state index contributed by atoms with van der Waals surface area (Å²) in [5, 5.41) is 3.76. The van der Waals surface area contributed by atoms with Gasteiger partial charge in [-0.15, -0.1) is 0 Å². The zero-order valence-corrected chi connectivity index (χ0v) is 13.0. The van der Waals surface area contributed by atoms with Crippen molar-refractivity contribution in [1.29, 1.82) is 0 Å². The molecule has 3 rings (SSSR count). The highest BCUT2D eigenvalue weighted by molar-refractivity contribution is 5.62. The van der Waals surface area contributed by atoms with Gasteiger partial charge in [-0.05, 0) is 56.8 Å². The molecule has 3 heteroatoms. The molecule has 0 aliphatic carbocycles. The highest BCUT2D eigenvalue weighted by atomic mass is 15.2. The zero-order chi connectivity index (χ0) is 14.1. The molecule has 2 heterocycles. The van der Waals surface area contributed by atoms with Crippen LogP contribution in [0.4, 0.5) is 11.4 Å². The second-order valence-corrected chi connectivity index (χ2v) is 6.59. The van der Waals surface area contributed by atoms with Crippen molar-refractivity contribution in [1.82, 2.24) is 4.90 Å². The summed E-state index contributed by atoms with van der Waals surface area (Å²) in [6, 6.07) is 8.22. The predicted molar refractivity (Wildman–Crippen MR) is 86.7 cm³/mol. The van der Waals surface area contributed by atoms with Crippen molar-refractivity contribution in [3.05, 3.63) is 23.8 Å². The van der Waals surface area contributed by atoms with Crippen LogP contribution in [0.1, 0.15) is 31.2 Å². The molecule has 1 aromatic carbocycles. The first-order chi connectivity index (χ1) is 9.63. The lowest BCUT2D eigenvalue weighted by Gasteiger charge is -2.35. The van der Waals surface area contributed by atoms with Gasteiger partial charge in [0.25, 0.3) is 0 Å². The maximum Gasteiger partial charge on any atom is 0.0411 e. The average Bonchev–Trinajstić information content (AvgIpc) is 2.88. The third kappa shape index (κ3) is 2.78. The van der Waals surface area contributed by atoms with Gasteiger partial charge in [-0.25, -0.2) is 0 Å². The van der Waals surface area contributed by atoms with E-state index in [1.54, 1.807) is 0 Å². The number of nitrogens with one attached hydrogen (secondary N) is 1. The maximum atomic E-state index is 3.76. The largest absolute Gasteiger partial charge is 0.382 e. The lowest BCUT2D eigenvalue weighted by Crippen LogP contribution is -2.42. The van der Waals surface area contributed by atoms with Crippen LogP contribution in [-0.2, 0) is 0 Å². The second-order valence-electron chi connectivity index (χ2n) is 6.59. The summed E-state index contributed by atoms with van der Waals surface area (Å²) in [7, 11) is 4.23. The minimum absolute atomic E-state index is 0.645. The molecular formula is C17H27N3. The summed E-state index contributed by atoms with van der Waals surface area (Å²) >= 11 is 0. The lowest BCUT2D eigenvalue weighted by molar-refractivity contribution is 0.188. The fraction of sp³-hybridized carbons (Fsp3) is 0.647. The fourth-order valence-corrected chi connectivity index (χ4v) is 3.77. The van der Waals surface area contributed by atoms with E-state index in [2.05, 4.69) is 54.3 Å². The molecule has 0 bridgehead atoms. The van der Waals surface area contributed by atoms with Crippen molar-refractivity contribution in [2.75, 3.05) is 37.4 Å². The molecule has 2 saturated heterocycles. The van der Waals surface area contributed by atoms with Crippen LogP contribution in [0.25, 0.3) is 0 Å². The Morgan fingerprint density at radius 2 is 2.05 bits per heavy atom. The molecule has 110 valence electrons. The van der Waals surface area contributed by atoms with Crippen molar-refractivity contribution >= 4 is 11.4 Å². The molecule has 2 fully saturated rings. The van der Waals surface area contributed by atoms with E-state index in [1.807, 2.05) is 0 Å². The molecule has 1 N–H and O–H groups in total. The number of anilines is 2. The molecule has 0 amide bonds. The first kappa shape index (κ1) is 13.7. The number of piperidine rings is 1. The van der Waals surface area contributed by atoms with Crippen LogP contribution in [0, 0.1) is 6.92 Å². The van der Waals surface area contributed by atoms with Crippen LogP contribution in [0.3, 0.4) is 0 Å². The van der Waals surface area contributed by atoms with Crippen LogP contribution in [0.5, 0.6) is 0 Å². The van der Waals surface area contributed by atoms with E-state index >= 15 is 0 Å². The van der Waals surface area contributed by atoms with E-state index < -0.39 is 0 Å². The summed E-state index contributed by atoms with van der Waals surface area (Å²) < 4.78 is 0. The highest BCUT2D eigenvalue weighted by Gasteiger charge is 2.31. The summed E-state index contributed by atoms with van der Waals surface area (Å²) in [6.45, 7) is 4.78. The first-order valence-corrected chi connectivity index (χ1v) is 7.92. The molecule has 2 unspecified atom stereocenters. The van der Waals surface area contributed by atoms with Crippen LogP contribution in [0.2, 0.25) is 0 Å². The molecule has 2 atom stereocenters. The van der Waals surface area contributed by atoms with Gasteiger partial charge in [0.15, 0.2) is 0 Å². The Bertz CT molecular complexity index is 469. The van der Waals surface area contributed by atoms with Crippen molar-refractivity contribution in [3.8, 4) is 0 Å². The van der Waals surface area contributed by atoms with Crippen LogP contribution in [0.15, 0.2) is 18.2 Å². The number of benzene rings is 1. The van der Waals surface area contributed by atoms with Crippen LogP contribution >= 0.6 is 0 Å². The minimum atomic E-state index is 0.645. The monoisotopic (exact) mass is 273 g/mol. The van der Waals surface area contributed by atoms with Gasteiger partial charge in [-0.3, -0.25) is 0 Å². The number of nitrogens with zero attached hydrogens (tertiary/aromatic N) is 2. The maximum absolute atomic E-state index is 3.76. The topological polar surface area (TPSA) is 18.5 Å². The van der Waals surface area contributed by atoms with E-state index in [1.165, 1.54) is 55.7 Å². The van der Waals surface area contributed by atoms with Gasteiger partial charge in [0.05, 0.1) is 0 Å². The van der Waals surface area contributed by atoms with Crippen molar-refractivity contribution in [2.24, 2.45) is 0 Å². The summed E-state index contributed by atoms with van der Waals surface area (Å²) in [4.78, 5) is 4.87. The standard InChI is InChI=1S/C17H27N3/c1-13-6-7-14(12-17(13)19(2)3)18-15-8-10-20-9-4-5-16(20)11-15/h6-7,12,15-16,18H,4-5,8-11H2,1-3H3. The molecule has 0 saturated carbocycles. The van der Waals surface area contributed by atoms with E-state index in [4.69, 9.17) is 0 Å². The third-order valence-electron chi connectivity index (χ3n) is 4.88. The Hall–Kier alpha value is -1.22. The number of hydrogen-bond acceptors (Lipinski definition) is 3. The summed E-state index contributed by atoms with van der Waals surface area (Å²) in [5.41, 5.74) is 3.93. The SMILES string of the molecule is Cc1ccc(NC2CCN3CCCC3C2)cc1N(C)C. The molecular weight excluding hydrogens is 246 g/mol. The minimum Gasteiger partial charge on any atom is -0.382 e. The van der Waals surface area contributed by atoms with E-state index in [9.17, 15) is 0 Å². The van der Waals surface area contributed by atoms with Gasteiger partial charge in [-0.2, -0.15) is 0 Å². The zero-order valence-electron chi connectivity index (χ0n) is 13.0. The quantitative estimate of drug-likeness (QED) is 0.913. The van der Waals surface area contributed by atoms with Gasteiger partial charge in [0.1, 0.15) is 0 Å². The number of hydrogen-bond donors (Lipinski definition) is 1. The average molecular weight is 273 g/mol. The molecule has 20 heavy (non-hydrogen) atoms. The highest BCUT2D eigenvalue weighted by Crippen LogP contribution is 2.29. The number of aryl methyl sites for hydroxylation is 1. The Morgan fingerprint density at radius 1 is 1.20 bits per heavy atom. The molecule has 0 spiro atoms. The second kappa shape index (κ2) is 5.65. The predicted octanol–water partition coefficient (Wildman–Crippen LogP) is 3.10. The molecule has 0 radical (unpaired) electrons. The van der Waals surface area contributed by atoms with Crippen molar-refractivity contribution in [3.63, 3.8) is 0 Å². The molecule has 2 aliphatic heterocycles. The Morgan fingerprint density at radius 3 is 2.85 bits per heavy atom. The van der Waals surface area contributed by atoms with Gasteiger partial charge in [-0.1, -0.05) is 6.07 Å². The van der Waals surface area contributed by atoms with Crippen LogP contribution in [-0.4, -0.2) is 44.2 Å². The molecule has 1 aromatic rings. The van der Waals surface area contributed by atoms with E-state index in [0.717, 1.165) is 6.04 Å². The van der Waals surface area contributed by atoms with Crippen LogP contribution < -0.4 is 10.2 Å². The molecule has 0 aromatic heterocycles.